The molecule has 3 aliphatic heterocycles. The number of carbonyl (C=O) groups is 2. The van der Waals surface area contributed by atoms with Gasteiger partial charge in [0.05, 0.1) is 35.7 Å². The summed E-state index contributed by atoms with van der Waals surface area (Å²) in [7, 11) is 1.38. The normalized spacial score (nSPS) is 23.6. The number of nitrogens with zero attached hydrogens (tertiary/aromatic N) is 4. The van der Waals surface area contributed by atoms with Gasteiger partial charge in [-0.25, -0.2) is 0 Å². The van der Waals surface area contributed by atoms with Crippen molar-refractivity contribution in [3.63, 3.8) is 0 Å². The number of likely N-dealkylation sites (tertiary alicyclic amines) is 1. The Kier molecular flexibility index (Phi) is 8.82. The summed E-state index contributed by atoms with van der Waals surface area (Å²) in [6.07, 6.45) is -7.03. The van der Waals surface area contributed by atoms with Crippen molar-refractivity contribution in [2.75, 3.05) is 46.3 Å². The summed E-state index contributed by atoms with van der Waals surface area (Å²) in [5.41, 5.74) is -1.08. The van der Waals surface area contributed by atoms with E-state index in [0.717, 1.165) is 42.0 Å². The van der Waals surface area contributed by atoms with Gasteiger partial charge in [-0.1, -0.05) is 24.3 Å². The van der Waals surface area contributed by atoms with E-state index in [-0.39, 0.29) is 42.1 Å². The molecule has 2 amide bonds. The highest BCUT2D eigenvalue weighted by Crippen LogP contribution is 2.41. The molecule has 234 valence electrons. The topological polar surface area (TPSA) is 47.1 Å². The zero-order valence-corrected chi connectivity index (χ0v) is 24.2. The van der Waals surface area contributed by atoms with Crippen molar-refractivity contribution in [2.45, 2.75) is 57.2 Å². The molecule has 0 aliphatic carbocycles. The van der Waals surface area contributed by atoms with Crippen LogP contribution >= 0.6 is 0 Å². The van der Waals surface area contributed by atoms with Crippen LogP contribution in [0.15, 0.2) is 42.5 Å². The van der Waals surface area contributed by atoms with Gasteiger partial charge in [0.15, 0.2) is 0 Å². The largest absolute Gasteiger partial charge is 0.416 e. The van der Waals surface area contributed by atoms with Crippen molar-refractivity contribution in [2.24, 2.45) is 5.92 Å². The molecule has 2 aromatic rings. The van der Waals surface area contributed by atoms with Gasteiger partial charge in [-0.3, -0.25) is 14.5 Å². The first-order chi connectivity index (χ1) is 20.2. The fourth-order valence-corrected chi connectivity index (χ4v) is 6.81. The molecule has 0 N–H and O–H groups in total. The molecule has 2 aromatic carbocycles. The third kappa shape index (κ3) is 6.85. The molecular formula is C31H36F6N4O2. The highest BCUT2D eigenvalue weighted by atomic mass is 19.4. The Morgan fingerprint density at radius 1 is 0.930 bits per heavy atom. The van der Waals surface area contributed by atoms with E-state index in [0.29, 0.717) is 38.2 Å². The van der Waals surface area contributed by atoms with Crippen LogP contribution in [0.5, 0.6) is 0 Å². The molecule has 3 atom stereocenters. The van der Waals surface area contributed by atoms with Crippen molar-refractivity contribution in [1.29, 1.82) is 0 Å². The molecule has 12 heteroatoms. The smallest absolute Gasteiger partial charge is 0.340 e. The number of carbonyl (C=O) groups excluding carboxylic acids is 2. The molecule has 0 aromatic heterocycles. The summed E-state index contributed by atoms with van der Waals surface area (Å²) in [5, 5.41) is 0. The fraction of sp³-hybridized carbons (Fsp3) is 0.548. The lowest BCUT2D eigenvalue weighted by Crippen LogP contribution is -2.55. The first-order valence-corrected chi connectivity index (χ1v) is 14.6. The Hall–Kier alpha value is -3.12. The number of fused-ring (bicyclic) bond motifs is 1. The van der Waals surface area contributed by atoms with Crippen LogP contribution in [0.25, 0.3) is 0 Å². The third-order valence-corrected chi connectivity index (χ3v) is 8.96. The molecular weight excluding hydrogens is 574 g/mol. The number of halogens is 6. The molecule has 3 heterocycles. The maximum absolute atomic E-state index is 13.5. The van der Waals surface area contributed by atoms with E-state index >= 15 is 0 Å². The molecule has 0 spiro atoms. The van der Waals surface area contributed by atoms with Gasteiger partial charge in [0, 0.05) is 33.2 Å². The van der Waals surface area contributed by atoms with Gasteiger partial charge in [-0.2, -0.15) is 26.3 Å². The summed E-state index contributed by atoms with van der Waals surface area (Å²) < 4.78 is 80.2. The second-order valence-electron chi connectivity index (χ2n) is 12.0. The Balaban J connectivity index is 1.36. The van der Waals surface area contributed by atoms with Gasteiger partial charge >= 0.3 is 12.4 Å². The number of piperazine rings is 1. The monoisotopic (exact) mass is 610 g/mol. The average Bonchev–Trinajstić information content (AvgIpc) is 3.56. The quantitative estimate of drug-likeness (QED) is 0.397. The Bertz CT molecular complexity index is 1310. The predicted molar refractivity (Wildman–Crippen MR) is 148 cm³/mol. The van der Waals surface area contributed by atoms with Crippen LogP contribution in [0.1, 0.15) is 53.1 Å². The zero-order valence-electron chi connectivity index (χ0n) is 24.2. The van der Waals surface area contributed by atoms with Crippen LogP contribution in [0.3, 0.4) is 0 Å². The summed E-state index contributed by atoms with van der Waals surface area (Å²) in [6.45, 7) is 5.02. The van der Waals surface area contributed by atoms with Crippen molar-refractivity contribution >= 4 is 11.8 Å². The first-order valence-electron chi connectivity index (χ1n) is 14.6. The number of rotatable bonds is 7. The van der Waals surface area contributed by atoms with Gasteiger partial charge < -0.3 is 14.7 Å². The van der Waals surface area contributed by atoms with Crippen molar-refractivity contribution in [1.82, 2.24) is 19.6 Å². The number of alkyl halides is 6. The highest BCUT2D eigenvalue weighted by molar-refractivity contribution is 5.82. The van der Waals surface area contributed by atoms with E-state index < -0.39 is 35.9 Å². The lowest BCUT2D eigenvalue weighted by molar-refractivity contribution is -0.143. The van der Waals surface area contributed by atoms with Crippen molar-refractivity contribution < 1.29 is 35.9 Å². The molecule has 3 saturated heterocycles. The summed E-state index contributed by atoms with van der Waals surface area (Å²) in [5.74, 6) is -0.434. The summed E-state index contributed by atoms with van der Waals surface area (Å²) in [6, 6.07) is 8.76. The van der Waals surface area contributed by atoms with E-state index in [9.17, 15) is 35.9 Å². The number of aryl methyl sites for hydroxylation is 1. The lowest BCUT2D eigenvalue weighted by Gasteiger charge is -2.45. The molecule has 6 nitrogen and oxygen atoms in total. The van der Waals surface area contributed by atoms with E-state index in [2.05, 4.69) is 4.90 Å². The van der Waals surface area contributed by atoms with Crippen LogP contribution in [0.4, 0.5) is 26.3 Å². The van der Waals surface area contributed by atoms with Gasteiger partial charge in [-0.15, -0.1) is 0 Å². The molecule has 3 fully saturated rings. The predicted octanol–water partition coefficient (Wildman–Crippen LogP) is 5.36. The van der Waals surface area contributed by atoms with E-state index in [1.807, 2.05) is 41.0 Å². The summed E-state index contributed by atoms with van der Waals surface area (Å²) >= 11 is 0. The number of hydrogen-bond acceptors (Lipinski definition) is 4. The Morgan fingerprint density at radius 2 is 1.56 bits per heavy atom. The zero-order chi connectivity index (χ0) is 31.1. The second-order valence-corrected chi connectivity index (χ2v) is 12.0. The number of hydrogen-bond donors (Lipinski definition) is 0. The molecule has 3 unspecified atom stereocenters. The SMILES string of the molecule is Cc1ccccc1C1C2CC(CN3CCCC3)C(=O)N2CCN1CC(=O)N(C)Cc1cc(C(F)(F)F)cc(C(F)(F)F)c1. The number of amides is 2. The third-order valence-electron chi connectivity index (χ3n) is 8.96. The maximum atomic E-state index is 13.5. The standard InChI is InChI=1S/C31H36F6N4O2/c1-20-7-3-4-8-25(20)28-26-15-22(18-39-9-5-6-10-39)29(43)41(26)12-11-40(28)19-27(42)38(2)17-21-13-23(30(32,33)34)16-24(14-21)31(35,36)37/h3-4,7-8,13-14,16,22,26,28H,5-6,9-12,15,17-19H2,1-2H3. The number of likely N-dealkylation sites (N-methyl/N-ethyl adjacent to an activating group) is 1. The average molecular weight is 611 g/mol. The molecule has 0 radical (unpaired) electrons. The van der Waals surface area contributed by atoms with Gasteiger partial charge in [0.25, 0.3) is 0 Å². The van der Waals surface area contributed by atoms with E-state index in [4.69, 9.17) is 0 Å². The van der Waals surface area contributed by atoms with Crippen molar-refractivity contribution in [3.8, 4) is 0 Å². The van der Waals surface area contributed by atoms with Gasteiger partial charge in [0.1, 0.15) is 0 Å². The minimum atomic E-state index is -4.97. The Morgan fingerprint density at radius 3 is 2.16 bits per heavy atom. The van der Waals surface area contributed by atoms with Crippen LogP contribution in [-0.4, -0.2) is 83.8 Å². The summed E-state index contributed by atoms with van der Waals surface area (Å²) in [4.78, 5) is 34.3. The first kappa shape index (κ1) is 31.3. The minimum absolute atomic E-state index is 0.0808. The molecule has 0 saturated carbocycles. The van der Waals surface area contributed by atoms with Crippen LogP contribution in [0, 0.1) is 12.8 Å². The molecule has 3 aliphatic rings. The molecule has 43 heavy (non-hydrogen) atoms. The second kappa shape index (κ2) is 12.1. The fourth-order valence-electron chi connectivity index (χ4n) is 6.81. The van der Waals surface area contributed by atoms with Crippen LogP contribution in [-0.2, 0) is 28.5 Å². The Labute approximate surface area is 247 Å². The van der Waals surface area contributed by atoms with Gasteiger partial charge in [-0.05, 0) is 74.2 Å². The van der Waals surface area contributed by atoms with Gasteiger partial charge in [0.2, 0.25) is 11.8 Å². The molecule has 0 bridgehead atoms. The van der Waals surface area contributed by atoms with E-state index in [1.165, 1.54) is 7.05 Å². The maximum Gasteiger partial charge on any atom is 0.416 e. The van der Waals surface area contributed by atoms with Crippen LogP contribution in [0.2, 0.25) is 0 Å². The molecule has 5 rings (SSSR count). The minimum Gasteiger partial charge on any atom is -0.340 e. The number of benzene rings is 2. The highest BCUT2D eigenvalue weighted by Gasteiger charge is 2.49. The lowest BCUT2D eigenvalue weighted by atomic mass is 9.89. The van der Waals surface area contributed by atoms with Crippen molar-refractivity contribution in [3.05, 3.63) is 70.3 Å². The van der Waals surface area contributed by atoms with E-state index in [1.54, 1.807) is 0 Å². The van der Waals surface area contributed by atoms with Crippen LogP contribution < -0.4 is 0 Å².